The van der Waals surface area contributed by atoms with Crippen LogP contribution in [-0.4, -0.2) is 52.7 Å². The van der Waals surface area contributed by atoms with Crippen molar-refractivity contribution in [2.45, 2.75) is 63.3 Å². The van der Waals surface area contributed by atoms with Gasteiger partial charge in [-0.2, -0.15) is 13.2 Å². The van der Waals surface area contributed by atoms with Crippen molar-refractivity contribution in [3.63, 3.8) is 0 Å². The van der Waals surface area contributed by atoms with Crippen molar-refractivity contribution in [1.82, 2.24) is 9.88 Å². The van der Waals surface area contributed by atoms with Gasteiger partial charge in [0.15, 0.2) is 0 Å². The number of carbonyl (C=O) groups excluding carboxylic acids is 1. The third-order valence-corrected chi connectivity index (χ3v) is 6.63. The minimum atomic E-state index is -4.41. The lowest BCUT2D eigenvalue weighted by atomic mass is 9.78. The normalized spacial score (nSPS) is 31.6. The van der Waals surface area contributed by atoms with Crippen LogP contribution in [-0.2, 0) is 11.0 Å². The second kappa shape index (κ2) is 7.21. The van der Waals surface area contributed by atoms with Gasteiger partial charge >= 0.3 is 6.18 Å². The molecule has 1 spiro atoms. The third-order valence-electron chi connectivity index (χ3n) is 6.63. The quantitative estimate of drug-likeness (QED) is 0.833. The molecule has 0 aromatic carbocycles. The summed E-state index contributed by atoms with van der Waals surface area (Å²) in [4.78, 5) is 21.3. The Morgan fingerprint density at radius 2 is 1.89 bits per heavy atom. The number of carbonyl (C=O) groups is 1. The Balaban J connectivity index is 1.50. The highest BCUT2D eigenvalue weighted by Crippen LogP contribution is 2.43. The van der Waals surface area contributed by atoms with Gasteiger partial charge in [-0.15, -0.1) is 0 Å². The van der Waals surface area contributed by atoms with Gasteiger partial charge in [-0.05, 0) is 57.1 Å². The molecule has 4 rings (SSSR count). The van der Waals surface area contributed by atoms with E-state index in [2.05, 4.69) is 4.98 Å². The maximum absolute atomic E-state index is 13.3. The summed E-state index contributed by atoms with van der Waals surface area (Å²) in [6.07, 6.45) is 1.88. The monoisotopic (exact) mass is 397 g/mol. The van der Waals surface area contributed by atoms with Crippen molar-refractivity contribution >= 4 is 11.7 Å². The van der Waals surface area contributed by atoms with Gasteiger partial charge in [0.2, 0.25) is 5.91 Å². The number of anilines is 1. The number of rotatable bonds is 2. The number of aliphatic hydroxyl groups is 1. The number of halogens is 3. The summed E-state index contributed by atoms with van der Waals surface area (Å²) in [5, 5.41) is 9.72. The first kappa shape index (κ1) is 19.5. The summed E-state index contributed by atoms with van der Waals surface area (Å²) < 4.78 is 39.2. The van der Waals surface area contributed by atoms with Crippen LogP contribution in [0.15, 0.2) is 18.3 Å². The highest BCUT2D eigenvalue weighted by Gasteiger charge is 2.50. The number of piperidine rings is 1. The van der Waals surface area contributed by atoms with Gasteiger partial charge in [-0.25, -0.2) is 4.98 Å². The SMILES string of the molecule is O=C1N([C@H]2CC[C@H](O)CC2)CC[C@]12CCCN(c1cc(C(F)(F)F)ccn1)C2. The van der Waals surface area contributed by atoms with E-state index < -0.39 is 17.2 Å². The lowest BCUT2D eigenvalue weighted by molar-refractivity contribution is -0.139. The third kappa shape index (κ3) is 3.58. The zero-order valence-corrected chi connectivity index (χ0v) is 15.8. The van der Waals surface area contributed by atoms with E-state index in [1.165, 1.54) is 6.20 Å². The van der Waals surface area contributed by atoms with E-state index in [9.17, 15) is 23.1 Å². The molecule has 0 bridgehead atoms. The molecule has 1 aromatic heterocycles. The van der Waals surface area contributed by atoms with E-state index in [-0.39, 0.29) is 18.1 Å². The van der Waals surface area contributed by atoms with Crippen LogP contribution in [0.2, 0.25) is 0 Å². The summed E-state index contributed by atoms with van der Waals surface area (Å²) in [6.45, 7) is 1.73. The van der Waals surface area contributed by atoms with E-state index in [0.29, 0.717) is 25.5 Å². The molecule has 1 saturated carbocycles. The summed E-state index contributed by atoms with van der Waals surface area (Å²) in [7, 11) is 0. The van der Waals surface area contributed by atoms with Crippen LogP contribution < -0.4 is 4.90 Å². The minimum absolute atomic E-state index is 0.130. The maximum Gasteiger partial charge on any atom is 0.416 e. The molecule has 3 fully saturated rings. The fraction of sp³-hybridized carbons (Fsp3) is 0.700. The Morgan fingerprint density at radius 3 is 2.61 bits per heavy atom. The standard InChI is InChI=1S/C20H26F3N3O2/c21-20(22,23)14-6-9-24-17(12-14)25-10-1-7-19(13-25)8-11-26(18(19)28)15-2-4-16(27)5-3-15/h6,9,12,15-16,27H,1-5,7-8,10-11,13H2/t15-,16-,19-/m0/s1. The van der Waals surface area contributed by atoms with E-state index in [0.717, 1.165) is 57.1 Å². The second-order valence-electron chi connectivity index (χ2n) is 8.42. The molecule has 3 heterocycles. The first-order chi connectivity index (χ1) is 13.3. The van der Waals surface area contributed by atoms with Crippen LogP contribution in [0.4, 0.5) is 19.0 Å². The Bertz CT molecular complexity index is 734. The van der Waals surface area contributed by atoms with E-state index in [4.69, 9.17) is 0 Å². The highest BCUT2D eigenvalue weighted by atomic mass is 19.4. The molecular weight excluding hydrogens is 371 g/mol. The van der Waals surface area contributed by atoms with Gasteiger partial charge < -0.3 is 14.9 Å². The van der Waals surface area contributed by atoms with Crippen molar-refractivity contribution < 1.29 is 23.1 Å². The predicted molar refractivity (Wildman–Crippen MR) is 97.7 cm³/mol. The van der Waals surface area contributed by atoms with Gasteiger partial charge in [0.1, 0.15) is 5.82 Å². The van der Waals surface area contributed by atoms with Crippen molar-refractivity contribution in [2.75, 3.05) is 24.5 Å². The summed E-state index contributed by atoms with van der Waals surface area (Å²) >= 11 is 0. The minimum Gasteiger partial charge on any atom is -0.393 e. The molecule has 0 unspecified atom stereocenters. The van der Waals surface area contributed by atoms with Gasteiger partial charge in [0, 0.05) is 31.9 Å². The van der Waals surface area contributed by atoms with Crippen molar-refractivity contribution in [3.05, 3.63) is 23.9 Å². The Hall–Kier alpha value is -1.83. The zero-order valence-electron chi connectivity index (χ0n) is 15.8. The van der Waals surface area contributed by atoms with E-state index >= 15 is 0 Å². The number of hydrogen-bond acceptors (Lipinski definition) is 4. The van der Waals surface area contributed by atoms with Crippen LogP contribution >= 0.6 is 0 Å². The molecule has 1 aliphatic carbocycles. The molecular formula is C20H26F3N3O2. The zero-order chi connectivity index (χ0) is 19.9. The average Bonchev–Trinajstić information content (AvgIpc) is 2.98. The van der Waals surface area contributed by atoms with Crippen LogP contribution in [0.3, 0.4) is 0 Å². The number of hydrogen-bond donors (Lipinski definition) is 1. The molecule has 2 aliphatic heterocycles. The molecule has 3 aliphatic rings. The van der Waals surface area contributed by atoms with Crippen LogP contribution in [0, 0.1) is 5.41 Å². The lowest BCUT2D eigenvalue weighted by Gasteiger charge is -2.41. The largest absolute Gasteiger partial charge is 0.416 e. The topological polar surface area (TPSA) is 56.7 Å². The average molecular weight is 397 g/mol. The molecule has 154 valence electrons. The predicted octanol–water partition coefficient (Wildman–Crippen LogP) is 3.22. The van der Waals surface area contributed by atoms with Crippen molar-refractivity contribution in [3.8, 4) is 0 Å². The molecule has 5 nitrogen and oxygen atoms in total. The smallest absolute Gasteiger partial charge is 0.393 e. The number of amides is 1. The van der Waals surface area contributed by atoms with E-state index in [1.807, 2.05) is 9.80 Å². The number of likely N-dealkylation sites (tertiary alicyclic amines) is 1. The molecule has 1 N–H and O–H groups in total. The maximum atomic E-state index is 13.3. The number of aliphatic hydroxyl groups excluding tert-OH is 1. The Kier molecular flexibility index (Phi) is 5.02. The van der Waals surface area contributed by atoms with Gasteiger partial charge in [-0.3, -0.25) is 4.79 Å². The first-order valence-corrected chi connectivity index (χ1v) is 10.1. The Morgan fingerprint density at radius 1 is 1.14 bits per heavy atom. The Labute approximate surface area is 162 Å². The van der Waals surface area contributed by atoms with Gasteiger partial charge in [0.25, 0.3) is 0 Å². The van der Waals surface area contributed by atoms with Crippen LogP contribution in [0.5, 0.6) is 0 Å². The second-order valence-corrected chi connectivity index (χ2v) is 8.42. The fourth-order valence-electron chi connectivity index (χ4n) is 5.04. The lowest BCUT2D eigenvalue weighted by Crippen LogP contribution is -2.50. The van der Waals surface area contributed by atoms with Crippen molar-refractivity contribution in [1.29, 1.82) is 0 Å². The van der Waals surface area contributed by atoms with Gasteiger partial charge in [0.05, 0.1) is 17.1 Å². The first-order valence-electron chi connectivity index (χ1n) is 10.1. The van der Waals surface area contributed by atoms with E-state index in [1.54, 1.807) is 0 Å². The van der Waals surface area contributed by atoms with Gasteiger partial charge in [-0.1, -0.05) is 0 Å². The molecule has 8 heteroatoms. The summed E-state index contributed by atoms with van der Waals surface area (Å²) in [5.74, 6) is 0.423. The van der Waals surface area contributed by atoms with Crippen LogP contribution in [0.1, 0.15) is 50.5 Å². The highest BCUT2D eigenvalue weighted by molar-refractivity contribution is 5.86. The molecule has 1 amide bonds. The summed E-state index contributed by atoms with van der Waals surface area (Å²) in [5.41, 5.74) is -1.23. The number of pyridine rings is 1. The fourth-order valence-corrected chi connectivity index (χ4v) is 5.04. The summed E-state index contributed by atoms with van der Waals surface area (Å²) in [6, 6.07) is 2.24. The molecule has 2 saturated heterocycles. The molecule has 28 heavy (non-hydrogen) atoms. The molecule has 1 aromatic rings. The number of alkyl halides is 3. The van der Waals surface area contributed by atoms with Crippen molar-refractivity contribution in [2.24, 2.45) is 5.41 Å². The number of nitrogens with zero attached hydrogens (tertiary/aromatic N) is 3. The van der Waals surface area contributed by atoms with Crippen LogP contribution in [0.25, 0.3) is 0 Å². The molecule has 1 atom stereocenters. The molecule has 0 radical (unpaired) electrons. The number of aromatic nitrogens is 1.